The number of hydrogen-bond acceptors (Lipinski definition) is 7. The number of rotatable bonds is 2. The van der Waals surface area contributed by atoms with E-state index in [2.05, 4.69) is 18.4 Å². The number of esters is 2. The molecule has 3 saturated heterocycles. The van der Waals surface area contributed by atoms with Crippen molar-refractivity contribution in [1.29, 1.82) is 0 Å². The average molecular weight is 430 g/mol. The minimum Gasteiger partial charge on any atom is -0.463 e. The summed E-state index contributed by atoms with van der Waals surface area (Å²) in [6.07, 6.45) is 1.30. The van der Waals surface area contributed by atoms with E-state index in [9.17, 15) is 19.8 Å². The van der Waals surface area contributed by atoms with Crippen molar-refractivity contribution in [1.82, 2.24) is 4.90 Å². The van der Waals surface area contributed by atoms with Crippen LogP contribution in [0.4, 0.5) is 0 Å². The molecule has 0 amide bonds. The van der Waals surface area contributed by atoms with Gasteiger partial charge >= 0.3 is 11.9 Å². The second kappa shape index (κ2) is 5.05. The maximum absolute atomic E-state index is 12.6. The number of hydrogen-bond donors (Lipinski definition) is 2. The highest BCUT2D eigenvalue weighted by atomic mass is 16.6. The van der Waals surface area contributed by atoms with E-state index in [1.54, 1.807) is 0 Å². The number of piperidine rings is 2. The molecule has 13 atom stereocenters. The van der Waals surface area contributed by atoms with E-state index in [1.165, 1.54) is 13.8 Å². The van der Waals surface area contributed by atoms with Gasteiger partial charge in [0.05, 0.1) is 6.10 Å². The molecule has 31 heavy (non-hydrogen) atoms. The van der Waals surface area contributed by atoms with Gasteiger partial charge in [0.2, 0.25) is 0 Å². The van der Waals surface area contributed by atoms with Gasteiger partial charge in [-0.3, -0.25) is 14.5 Å². The van der Waals surface area contributed by atoms with E-state index in [0.717, 1.165) is 25.0 Å². The summed E-state index contributed by atoms with van der Waals surface area (Å²) in [5, 5.41) is 24.4. The van der Waals surface area contributed by atoms with Gasteiger partial charge in [-0.2, -0.15) is 0 Å². The molecule has 3 heterocycles. The first-order valence-corrected chi connectivity index (χ1v) is 11.7. The van der Waals surface area contributed by atoms with Crippen LogP contribution in [-0.4, -0.2) is 69.6 Å². The fraction of sp³-hybridized carbons (Fsp3) is 0.833. The van der Waals surface area contributed by atoms with Gasteiger partial charge in [-0.25, -0.2) is 0 Å². The number of fused-ring (bicyclic) bond motifs is 1. The van der Waals surface area contributed by atoms with Crippen molar-refractivity contribution < 1.29 is 29.3 Å². The van der Waals surface area contributed by atoms with Crippen molar-refractivity contribution in [2.75, 3.05) is 6.54 Å². The average Bonchev–Trinajstić information content (AvgIpc) is 3.03. The van der Waals surface area contributed by atoms with E-state index >= 15 is 0 Å². The molecule has 0 aromatic rings. The quantitative estimate of drug-likeness (QED) is 0.500. The number of carbonyl (C=O) groups excluding carboxylic acids is 2. The Morgan fingerprint density at radius 2 is 1.84 bits per heavy atom. The van der Waals surface area contributed by atoms with Crippen molar-refractivity contribution in [3.63, 3.8) is 0 Å². The highest BCUT2D eigenvalue weighted by Crippen LogP contribution is 2.88. The van der Waals surface area contributed by atoms with E-state index in [1.807, 2.05) is 0 Å². The summed E-state index contributed by atoms with van der Waals surface area (Å²) in [6.45, 7) is 10.3. The van der Waals surface area contributed by atoms with Crippen molar-refractivity contribution in [2.45, 2.75) is 82.5 Å². The first kappa shape index (κ1) is 19.1. The Kier molecular flexibility index (Phi) is 3.10. The third kappa shape index (κ3) is 1.65. The van der Waals surface area contributed by atoms with Crippen LogP contribution in [0.15, 0.2) is 12.2 Å². The second-order valence-electron chi connectivity index (χ2n) is 12.1. The van der Waals surface area contributed by atoms with Gasteiger partial charge in [0, 0.05) is 55.1 Å². The molecule has 7 nitrogen and oxygen atoms in total. The van der Waals surface area contributed by atoms with Crippen LogP contribution >= 0.6 is 0 Å². The van der Waals surface area contributed by atoms with Crippen LogP contribution in [0.5, 0.6) is 0 Å². The van der Waals surface area contributed by atoms with Crippen LogP contribution in [0, 0.1) is 34.0 Å². The summed E-state index contributed by atoms with van der Waals surface area (Å²) >= 11 is 0. The molecule has 9 bridgehead atoms. The number of carbonyl (C=O) groups is 2. The highest BCUT2D eigenvalue weighted by Gasteiger charge is 2.95. The van der Waals surface area contributed by atoms with E-state index in [-0.39, 0.29) is 34.9 Å². The lowest BCUT2D eigenvalue weighted by molar-refractivity contribution is -0.284. The molecule has 9 fully saturated rings. The number of nitrogens with zero attached hydrogens (tertiary/aromatic N) is 1. The summed E-state index contributed by atoms with van der Waals surface area (Å²) in [6, 6.07) is 0.176. The third-order valence-corrected chi connectivity index (χ3v) is 10.9. The topological polar surface area (TPSA) is 96.3 Å². The fourth-order valence-corrected chi connectivity index (χ4v) is 11.3. The van der Waals surface area contributed by atoms with Gasteiger partial charge < -0.3 is 19.7 Å². The van der Waals surface area contributed by atoms with Crippen molar-refractivity contribution in [2.24, 2.45) is 34.0 Å². The highest BCUT2D eigenvalue weighted by molar-refractivity contribution is 5.67. The zero-order valence-corrected chi connectivity index (χ0v) is 18.3. The molecule has 7 heteroatoms. The molecule has 6 saturated carbocycles. The molecule has 2 spiro atoms. The molecule has 8 unspecified atom stereocenters. The van der Waals surface area contributed by atoms with Crippen molar-refractivity contribution in [3.8, 4) is 0 Å². The first-order valence-electron chi connectivity index (χ1n) is 11.7. The van der Waals surface area contributed by atoms with Crippen LogP contribution < -0.4 is 0 Å². The summed E-state index contributed by atoms with van der Waals surface area (Å²) in [4.78, 5) is 26.5. The summed E-state index contributed by atoms with van der Waals surface area (Å²) in [5.74, 6) is -0.896. The van der Waals surface area contributed by atoms with E-state index < -0.39 is 35.1 Å². The minimum absolute atomic E-state index is 0.0120. The molecule has 0 radical (unpaired) electrons. The molecule has 0 aromatic heterocycles. The summed E-state index contributed by atoms with van der Waals surface area (Å²) in [5.41, 5.74) is -1.20. The Balaban J connectivity index is 1.47. The zero-order valence-electron chi connectivity index (χ0n) is 18.3. The lowest BCUT2D eigenvalue weighted by Crippen LogP contribution is -2.77. The van der Waals surface area contributed by atoms with Crippen LogP contribution in [-0.2, 0) is 19.1 Å². The Hall–Kier alpha value is -1.44. The van der Waals surface area contributed by atoms with Crippen LogP contribution in [0.25, 0.3) is 0 Å². The van der Waals surface area contributed by atoms with Crippen LogP contribution in [0.3, 0.4) is 0 Å². The Labute approximate surface area is 181 Å². The van der Waals surface area contributed by atoms with Gasteiger partial charge in [-0.1, -0.05) is 19.1 Å². The van der Waals surface area contributed by atoms with E-state index in [0.29, 0.717) is 24.8 Å². The molecular formula is C24H31NO6. The lowest BCUT2D eigenvalue weighted by atomic mass is 9.39. The number of aliphatic hydroxyl groups is 2. The lowest BCUT2D eigenvalue weighted by Gasteiger charge is -2.68. The van der Waals surface area contributed by atoms with E-state index in [4.69, 9.17) is 9.47 Å². The maximum Gasteiger partial charge on any atom is 0.303 e. The maximum atomic E-state index is 12.6. The standard InChI is InChI=1S/C24H31NO6/c1-10-5-22-8-14-17-21(4)6-13(30-11(2)26)7-23(17)18(22)16(28)15(10)19(31-12(3)27)24(22,29)20(23)25(14)9-21/h13-20,28-29H,1,5-9H2,2-4H3/t13-,14?,15?,16+,17+,18+,19?,20?,21-,22?,23?,24?/m0/s1. The number of aliphatic hydroxyl groups excluding tert-OH is 1. The zero-order chi connectivity index (χ0) is 21.9. The van der Waals surface area contributed by atoms with Gasteiger partial charge in [-0.15, -0.1) is 0 Å². The van der Waals surface area contributed by atoms with Crippen LogP contribution in [0.1, 0.15) is 46.5 Å². The van der Waals surface area contributed by atoms with Gasteiger partial charge in [-0.05, 0) is 37.0 Å². The minimum atomic E-state index is -1.21. The van der Waals surface area contributed by atoms with Crippen LogP contribution in [0.2, 0.25) is 0 Å². The summed E-state index contributed by atoms with van der Waals surface area (Å²) < 4.78 is 11.6. The monoisotopic (exact) mass is 429 g/mol. The predicted molar refractivity (Wildman–Crippen MR) is 107 cm³/mol. The molecule has 0 aromatic carbocycles. The fourth-order valence-electron chi connectivity index (χ4n) is 11.3. The largest absolute Gasteiger partial charge is 0.463 e. The van der Waals surface area contributed by atoms with Gasteiger partial charge in [0.1, 0.15) is 17.8 Å². The van der Waals surface area contributed by atoms with Gasteiger partial charge in [0.15, 0.2) is 0 Å². The van der Waals surface area contributed by atoms with Crippen molar-refractivity contribution >= 4 is 11.9 Å². The third-order valence-electron chi connectivity index (χ3n) is 10.9. The molecule has 168 valence electrons. The molecule has 9 rings (SSSR count). The summed E-state index contributed by atoms with van der Waals surface area (Å²) in [7, 11) is 0. The Morgan fingerprint density at radius 3 is 2.52 bits per heavy atom. The Morgan fingerprint density at radius 1 is 1.13 bits per heavy atom. The van der Waals surface area contributed by atoms with Crippen molar-refractivity contribution in [3.05, 3.63) is 12.2 Å². The molecule has 2 N–H and O–H groups in total. The second-order valence-corrected chi connectivity index (χ2v) is 12.1. The SMILES string of the molecule is C=C1CC23CC4[C@H]5C67C[C@@H](OC(C)=O)C[C@@]5(C)CN4C6C2(O)C(OC(C)=O)C1[C@@H](O)[C@@H]73. The molecule has 6 aliphatic carbocycles. The normalized spacial score (nSPS) is 63.5. The number of ether oxygens (including phenoxy) is 2. The smallest absolute Gasteiger partial charge is 0.303 e. The predicted octanol–water partition coefficient (Wildman–Crippen LogP) is 1.02. The van der Waals surface area contributed by atoms with Gasteiger partial charge in [0.25, 0.3) is 0 Å². The Bertz CT molecular complexity index is 966. The molecule has 3 aliphatic heterocycles. The first-order chi connectivity index (χ1) is 14.5. The molecular weight excluding hydrogens is 398 g/mol. The molecule has 9 aliphatic rings.